The van der Waals surface area contributed by atoms with Crippen LogP contribution in [0.4, 0.5) is 0 Å². The Morgan fingerprint density at radius 1 is 1.14 bits per heavy atom. The Balaban J connectivity index is 1.74. The summed E-state index contributed by atoms with van der Waals surface area (Å²) < 4.78 is 10.9. The molecule has 0 aromatic heterocycles. The fourth-order valence-electron chi connectivity index (χ4n) is 2.07. The zero-order chi connectivity index (χ0) is 14.7. The summed E-state index contributed by atoms with van der Waals surface area (Å²) in [7, 11) is 0. The van der Waals surface area contributed by atoms with Gasteiger partial charge < -0.3 is 9.47 Å². The van der Waals surface area contributed by atoms with Crippen LogP contribution >= 0.6 is 0 Å². The van der Waals surface area contributed by atoms with E-state index >= 15 is 0 Å². The summed E-state index contributed by atoms with van der Waals surface area (Å²) >= 11 is 0. The van der Waals surface area contributed by atoms with Gasteiger partial charge in [0.15, 0.2) is 17.3 Å². The largest absolute Gasteiger partial charge is 0.490 e. The van der Waals surface area contributed by atoms with Crippen LogP contribution in [0.5, 0.6) is 17.2 Å². The Bertz CT molecular complexity index is 687. The van der Waals surface area contributed by atoms with Gasteiger partial charge in [0, 0.05) is 0 Å². The van der Waals surface area contributed by atoms with E-state index in [1.54, 1.807) is 24.3 Å². The third kappa shape index (κ3) is 2.97. The summed E-state index contributed by atoms with van der Waals surface area (Å²) in [6, 6.07) is 13.3. The van der Waals surface area contributed by atoms with E-state index in [9.17, 15) is 4.79 Å². The Morgan fingerprint density at radius 2 is 1.95 bits per heavy atom. The van der Waals surface area contributed by atoms with Crippen LogP contribution < -0.4 is 9.47 Å². The smallest absolute Gasteiger partial charge is 0.212 e. The van der Waals surface area contributed by atoms with Gasteiger partial charge in [-0.15, -0.1) is 0 Å². The first-order valence-electron chi connectivity index (χ1n) is 7.04. The fourth-order valence-corrected chi connectivity index (χ4v) is 2.07. The highest BCUT2D eigenvalue weighted by Gasteiger charge is 2.32. The second kappa shape index (κ2) is 5.83. The van der Waals surface area contributed by atoms with E-state index in [0.717, 1.165) is 17.7 Å². The predicted molar refractivity (Wildman–Crippen MR) is 82.1 cm³/mol. The molecule has 0 spiro atoms. The second-order valence-corrected chi connectivity index (χ2v) is 4.83. The van der Waals surface area contributed by atoms with Crippen LogP contribution in [0.15, 0.2) is 48.5 Å². The van der Waals surface area contributed by atoms with Crippen LogP contribution in [0.2, 0.25) is 0 Å². The van der Waals surface area contributed by atoms with Crippen LogP contribution in [0, 0.1) is 0 Å². The molecule has 1 heterocycles. The highest BCUT2D eigenvalue weighted by molar-refractivity contribution is 6.10. The first-order chi connectivity index (χ1) is 10.3. The van der Waals surface area contributed by atoms with Crippen molar-refractivity contribution < 1.29 is 14.3 Å². The van der Waals surface area contributed by atoms with Crippen molar-refractivity contribution in [2.75, 3.05) is 6.61 Å². The van der Waals surface area contributed by atoms with Crippen LogP contribution in [0.1, 0.15) is 29.3 Å². The third-order valence-electron chi connectivity index (χ3n) is 3.19. The highest BCUT2D eigenvalue weighted by Crippen LogP contribution is 2.55. The molecule has 0 amide bonds. The maximum absolute atomic E-state index is 12.2. The van der Waals surface area contributed by atoms with Crippen molar-refractivity contribution in [1.29, 1.82) is 0 Å². The molecule has 0 radical (unpaired) electrons. The molecule has 21 heavy (non-hydrogen) atoms. The number of hydrogen-bond donors (Lipinski definition) is 0. The molecular formula is C18H16O3. The molecule has 2 aromatic carbocycles. The molecule has 1 aliphatic rings. The van der Waals surface area contributed by atoms with Crippen molar-refractivity contribution in [3.05, 3.63) is 59.7 Å². The minimum Gasteiger partial charge on any atom is -0.490 e. The average molecular weight is 280 g/mol. The third-order valence-corrected chi connectivity index (χ3v) is 3.19. The number of carbonyl (C=O) groups excluding carboxylic acids is 1. The number of ether oxygens (including phenoxy) is 2. The fraction of sp³-hybridized carbons (Fsp3) is 0.167. The SMILES string of the molecule is CCCOc1ccc(C(=O)C=Cc2ccccc2)c2c1O2. The van der Waals surface area contributed by atoms with Crippen molar-refractivity contribution >= 4 is 11.9 Å². The van der Waals surface area contributed by atoms with Gasteiger partial charge in [0.2, 0.25) is 5.75 Å². The number of allylic oxidation sites excluding steroid dienone is 1. The lowest BCUT2D eigenvalue weighted by atomic mass is 10.1. The average Bonchev–Trinajstić information content (AvgIpc) is 3.32. The van der Waals surface area contributed by atoms with E-state index in [4.69, 9.17) is 9.47 Å². The lowest BCUT2D eigenvalue weighted by Gasteiger charge is -2.01. The van der Waals surface area contributed by atoms with Crippen molar-refractivity contribution in [2.45, 2.75) is 13.3 Å². The molecule has 3 nitrogen and oxygen atoms in total. The van der Waals surface area contributed by atoms with E-state index in [-0.39, 0.29) is 5.78 Å². The van der Waals surface area contributed by atoms with E-state index < -0.39 is 0 Å². The standard InChI is InChI=1S/C18H16O3/c1-2-12-20-16-11-9-14(17-18(16)21-17)15(19)10-8-13-6-4-3-5-7-13/h3-11H,2,12H2,1H3. The number of carbonyl (C=O) groups is 1. The Morgan fingerprint density at radius 3 is 2.71 bits per heavy atom. The van der Waals surface area contributed by atoms with Crippen molar-refractivity contribution in [2.24, 2.45) is 0 Å². The van der Waals surface area contributed by atoms with Gasteiger partial charge in [0.25, 0.3) is 0 Å². The van der Waals surface area contributed by atoms with Crippen molar-refractivity contribution in [1.82, 2.24) is 0 Å². The van der Waals surface area contributed by atoms with Gasteiger partial charge in [-0.2, -0.15) is 0 Å². The second-order valence-electron chi connectivity index (χ2n) is 4.83. The maximum Gasteiger partial charge on any atom is 0.212 e. The van der Waals surface area contributed by atoms with Crippen LogP contribution in [-0.2, 0) is 0 Å². The molecule has 1 aliphatic heterocycles. The Hall–Kier alpha value is -2.55. The van der Waals surface area contributed by atoms with Gasteiger partial charge in [0.1, 0.15) is 0 Å². The number of rotatable bonds is 6. The van der Waals surface area contributed by atoms with E-state index in [1.165, 1.54) is 0 Å². The lowest BCUT2D eigenvalue weighted by Crippen LogP contribution is -1.95. The summed E-state index contributed by atoms with van der Waals surface area (Å²) in [5.41, 5.74) is 1.58. The molecule has 3 heteroatoms. The van der Waals surface area contributed by atoms with E-state index in [1.807, 2.05) is 37.3 Å². The van der Waals surface area contributed by atoms with Gasteiger partial charge in [0.05, 0.1) is 12.2 Å². The quantitative estimate of drug-likeness (QED) is 0.379. The zero-order valence-corrected chi connectivity index (χ0v) is 11.8. The highest BCUT2D eigenvalue weighted by atomic mass is 16.6. The first-order valence-corrected chi connectivity index (χ1v) is 7.04. The van der Waals surface area contributed by atoms with Crippen molar-refractivity contribution in [3.63, 3.8) is 0 Å². The van der Waals surface area contributed by atoms with Crippen LogP contribution in [0.3, 0.4) is 0 Å². The predicted octanol–water partition coefficient (Wildman–Crippen LogP) is 4.48. The minimum atomic E-state index is -0.0605. The molecule has 0 fully saturated rings. The Labute approximate surface area is 123 Å². The van der Waals surface area contributed by atoms with Gasteiger partial charge >= 0.3 is 0 Å². The van der Waals surface area contributed by atoms with Gasteiger partial charge in [-0.1, -0.05) is 43.3 Å². The molecule has 106 valence electrons. The summed E-state index contributed by atoms with van der Waals surface area (Å²) in [4.78, 5) is 12.2. The number of ketones is 1. The number of hydrogen-bond acceptors (Lipinski definition) is 3. The Kier molecular flexibility index (Phi) is 3.73. The molecule has 0 atom stereocenters. The summed E-state index contributed by atoms with van der Waals surface area (Å²) in [5.74, 6) is 2.00. The normalized spacial score (nSPS) is 11.9. The molecule has 0 aliphatic carbocycles. The van der Waals surface area contributed by atoms with Crippen LogP contribution in [0.25, 0.3) is 6.08 Å². The summed E-state index contributed by atoms with van der Waals surface area (Å²) in [6.07, 6.45) is 4.31. The summed E-state index contributed by atoms with van der Waals surface area (Å²) in [5, 5.41) is 0. The van der Waals surface area contributed by atoms with Gasteiger partial charge in [-0.25, -0.2) is 0 Å². The van der Waals surface area contributed by atoms with Gasteiger partial charge in [-0.3, -0.25) is 4.79 Å². The van der Waals surface area contributed by atoms with Crippen LogP contribution in [-0.4, -0.2) is 12.4 Å². The number of benzene rings is 2. The van der Waals surface area contributed by atoms with E-state index in [0.29, 0.717) is 23.7 Å². The van der Waals surface area contributed by atoms with Gasteiger partial charge in [-0.05, 0) is 30.2 Å². The maximum atomic E-state index is 12.2. The zero-order valence-electron chi connectivity index (χ0n) is 11.8. The van der Waals surface area contributed by atoms with Crippen molar-refractivity contribution in [3.8, 4) is 17.2 Å². The monoisotopic (exact) mass is 280 g/mol. The molecule has 3 rings (SSSR count). The topological polar surface area (TPSA) is 38.8 Å². The molecule has 0 N–H and O–H groups in total. The number of fused-ring (bicyclic) bond motifs is 1. The molecule has 0 unspecified atom stereocenters. The summed E-state index contributed by atoms with van der Waals surface area (Å²) in [6.45, 7) is 2.70. The minimum absolute atomic E-state index is 0.0605. The molecular weight excluding hydrogens is 264 g/mol. The lowest BCUT2D eigenvalue weighted by molar-refractivity contribution is 0.104. The molecule has 0 saturated heterocycles. The molecule has 0 saturated carbocycles. The molecule has 0 bridgehead atoms. The van der Waals surface area contributed by atoms with E-state index in [2.05, 4.69) is 0 Å². The molecule has 2 aromatic rings. The first kappa shape index (κ1) is 13.4.